The number of aromatic nitrogens is 1. The Morgan fingerprint density at radius 1 is 1.10 bits per heavy atom. The smallest absolute Gasteiger partial charge is 0.270 e. The van der Waals surface area contributed by atoms with Gasteiger partial charge in [0.15, 0.2) is 0 Å². The van der Waals surface area contributed by atoms with E-state index in [1.807, 2.05) is 34.2 Å². The molecule has 1 aromatic heterocycles. The van der Waals surface area contributed by atoms with E-state index in [1.165, 1.54) is 31.9 Å². The van der Waals surface area contributed by atoms with Crippen LogP contribution in [0.1, 0.15) is 64.2 Å². The first-order valence-corrected chi connectivity index (χ1v) is 15.5. The van der Waals surface area contributed by atoms with Crippen molar-refractivity contribution in [3.05, 3.63) is 54.3 Å². The lowest BCUT2D eigenvalue weighted by Gasteiger charge is -2.36. The number of piperazine rings is 1. The van der Waals surface area contributed by atoms with Crippen molar-refractivity contribution in [1.29, 1.82) is 0 Å². The van der Waals surface area contributed by atoms with E-state index < -0.39 is 0 Å². The van der Waals surface area contributed by atoms with Gasteiger partial charge in [0.05, 0.1) is 11.9 Å². The van der Waals surface area contributed by atoms with Crippen molar-refractivity contribution in [2.45, 2.75) is 70.3 Å². The van der Waals surface area contributed by atoms with E-state index in [9.17, 15) is 9.59 Å². The van der Waals surface area contributed by atoms with Crippen molar-refractivity contribution in [3.8, 4) is 0 Å². The summed E-state index contributed by atoms with van der Waals surface area (Å²) in [6, 6.07) is 4.15. The Bertz CT molecular complexity index is 1230. The number of nitrogens with two attached hydrogens (primary N) is 1. The molecular formula is C32H46N8O2. The van der Waals surface area contributed by atoms with Gasteiger partial charge in [-0.05, 0) is 43.4 Å². The van der Waals surface area contributed by atoms with Crippen molar-refractivity contribution < 1.29 is 9.59 Å². The molecule has 42 heavy (non-hydrogen) atoms. The molecule has 1 aromatic rings. The van der Waals surface area contributed by atoms with Crippen LogP contribution >= 0.6 is 0 Å². The van der Waals surface area contributed by atoms with Gasteiger partial charge in [0.2, 0.25) is 5.91 Å². The Labute approximate surface area is 250 Å². The number of amidine groups is 1. The van der Waals surface area contributed by atoms with E-state index in [4.69, 9.17) is 10.7 Å². The van der Waals surface area contributed by atoms with Crippen LogP contribution in [-0.4, -0.2) is 83.6 Å². The zero-order valence-electron chi connectivity index (χ0n) is 25.2. The fourth-order valence-electron chi connectivity index (χ4n) is 6.65. The zero-order valence-corrected chi connectivity index (χ0v) is 25.2. The lowest BCUT2D eigenvalue weighted by atomic mass is 10.0. The van der Waals surface area contributed by atoms with E-state index in [0.29, 0.717) is 41.1 Å². The quantitative estimate of drug-likeness (QED) is 0.458. The Morgan fingerprint density at radius 3 is 2.40 bits per heavy atom. The average molecular weight is 575 g/mol. The molecule has 2 amide bonds. The van der Waals surface area contributed by atoms with Crippen LogP contribution in [0.4, 0.5) is 11.5 Å². The number of hydrogen-bond acceptors (Lipinski definition) is 7. The Kier molecular flexibility index (Phi) is 9.49. The van der Waals surface area contributed by atoms with Crippen LogP contribution < -0.4 is 16.0 Å². The number of pyridine rings is 1. The zero-order chi connectivity index (χ0) is 29.6. The second-order valence-electron chi connectivity index (χ2n) is 12.1. The number of likely N-dealkylation sites (N-methyl/N-ethyl adjacent to an activating group) is 1. The first-order chi connectivity index (χ1) is 20.3. The first kappa shape index (κ1) is 29.7. The van der Waals surface area contributed by atoms with Crippen LogP contribution in [0.2, 0.25) is 0 Å². The molecule has 10 nitrogen and oxygen atoms in total. The highest BCUT2D eigenvalue weighted by molar-refractivity contribution is 6.12. The summed E-state index contributed by atoms with van der Waals surface area (Å²) < 4.78 is 0. The van der Waals surface area contributed by atoms with Crippen molar-refractivity contribution >= 4 is 29.2 Å². The number of aliphatic imine (C=N–C) groups is 1. The third kappa shape index (κ3) is 6.79. The molecule has 2 aliphatic carbocycles. The normalized spacial score (nSPS) is 21.9. The number of anilines is 2. The number of nitrogens with one attached hydrogen (secondary N) is 1. The molecule has 10 heteroatoms. The predicted molar refractivity (Wildman–Crippen MR) is 168 cm³/mol. The van der Waals surface area contributed by atoms with E-state index in [2.05, 4.69) is 21.8 Å². The minimum absolute atomic E-state index is 0.0726. The number of nitrogens with zero attached hydrogens (tertiary/aromatic N) is 6. The van der Waals surface area contributed by atoms with Gasteiger partial charge in [-0.15, -0.1) is 0 Å². The van der Waals surface area contributed by atoms with Crippen LogP contribution in [0, 0.1) is 5.92 Å². The summed E-state index contributed by atoms with van der Waals surface area (Å²) in [7, 11) is 3.51. The van der Waals surface area contributed by atoms with Crippen LogP contribution in [0.15, 0.2) is 59.3 Å². The fraction of sp³-hybridized carbons (Fsp3) is 0.562. The largest absolute Gasteiger partial charge is 0.404 e. The van der Waals surface area contributed by atoms with Crippen molar-refractivity contribution in [2.24, 2.45) is 16.6 Å². The number of carbonyl (C=O) groups is 2. The molecule has 3 heterocycles. The highest BCUT2D eigenvalue weighted by Crippen LogP contribution is 2.34. The molecule has 3 fully saturated rings. The monoisotopic (exact) mass is 574 g/mol. The first-order valence-electron chi connectivity index (χ1n) is 15.5. The maximum absolute atomic E-state index is 13.0. The van der Waals surface area contributed by atoms with Gasteiger partial charge in [-0.2, -0.15) is 0 Å². The molecule has 0 aromatic carbocycles. The summed E-state index contributed by atoms with van der Waals surface area (Å²) in [5.74, 6) is 2.67. The van der Waals surface area contributed by atoms with Crippen LogP contribution in [-0.2, 0) is 9.59 Å². The number of rotatable bonds is 9. The van der Waals surface area contributed by atoms with Crippen LogP contribution in [0.3, 0.4) is 0 Å². The molecular weight excluding hydrogens is 528 g/mol. The minimum Gasteiger partial charge on any atom is -0.404 e. The average Bonchev–Trinajstić information content (AvgIpc) is 3.78. The summed E-state index contributed by atoms with van der Waals surface area (Å²) in [6.07, 6.45) is 16.4. The van der Waals surface area contributed by atoms with Gasteiger partial charge in [0.1, 0.15) is 23.2 Å². The van der Waals surface area contributed by atoms with E-state index in [1.54, 1.807) is 19.0 Å². The molecule has 226 valence electrons. The minimum atomic E-state index is -0.0726. The molecule has 5 rings (SSSR count). The standard InChI is InChI=1S/C32H46N8O2/c1-23(36-31-25(21-33)20-28(32(42)37(2)3)40(31)26-10-6-7-11-26)35-29-14-13-27(22-34-29)38-16-18-39(19-17-38)30(41)15-12-24-8-4-5-9-24/h13-14,20-22,24,26H,1,4-12,15-19,33H2,2-3H3,(H,34,35)/b25-21-,36-31+. The molecule has 0 atom stereocenters. The van der Waals surface area contributed by atoms with Gasteiger partial charge in [-0.3, -0.25) is 9.59 Å². The van der Waals surface area contributed by atoms with E-state index in [-0.39, 0.29) is 11.9 Å². The molecule has 2 aliphatic heterocycles. The molecule has 4 aliphatic rings. The Balaban J connectivity index is 1.18. The Hall–Kier alpha value is -3.82. The van der Waals surface area contributed by atoms with Crippen molar-refractivity contribution in [1.82, 2.24) is 19.7 Å². The fourth-order valence-corrected chi connectivity index (χ4v) is 6.65. The Morgan fingerprint density at radius 2 is 1.79 bits per heavy atom. The SMILES string of the molecule is C=C(/N=C1\C(=C/N)C=C(C(=O)N(C)C)N1C1CCCC1)Nc1ccc(N2CCN(C(=O)CCC3CCCC3)CC2)cn1. The highest BCUT2D eigenvalue weighted by Gasteiger charge is 2.37. The topological polar surface area (TPSA) is 110 Å². The summed E-state index contributed by atoms with van der Waals surface area (Å²) in [5.41, 5.74) is 8.30. The second kappa shape index (κ2) is 13.4. The maximum Gasteiger partial charge on any atom is 0.270 e. The number of amides is 2. The van der Waals surface area contributed by atoms with E-state index >= 15 is 0 Å². The van der Waals surface area contributed by atoms with Gasteiger partial charge >= 0.3 is 0 Å². The lowest BCUT2D eigenvalue weighted by molar-refractivity contribution is -0.131. The maximum atomic E-state index is 13.0. The van der Waals surface area contributed by atoms with Gasteiger partial charge in [-0.25, -0.2) is 9.98 Å². The second-order valence-corrected chi connectivity index (χ2v) is 12.1. The van der Waals surface area contributed by atoms with Gasteiger partial charge in [0.25, 0.3) is 5.91 Å². The number of carbonyl (C=O) groups excluding carboxylic acids is 2. The molecule has 3 N–H and O–H groups in total. The third-order valence-electron chi connectivity index (χ3n) is 9.03. The summed E-state index contributed by atoms with van der Waals surface area (Å²) in [5, 5.41) is 3.20. The van der Waals surface area contributed by atoms with Gasteiger partial charge < -0.3 is 30.7 Å². The third-order valence-corrected chi connectivity index (χ3v) is 9.03. The van der Waals surface area contributed by atoms with E-state index in [0.717, 1.165) is 69.9 Å². The lowest BCUT2D eigenvalue weighted by Crippen LogP contribution is -2.48. The molecule has 0 unspecified atom stereocenters. The molecule has 2 saturated carbocycles. The summed E-state index contributed by atoms with van der Waals surface area (Å²) in [4.78, 5) is 43.0. The van der Waals surface area contributed by atoms with Crippen LogP contribution in [0.5, 0.6) is 0 Å². The summed E-state index contributed by atoms with van der Waals surface area (Å²) in [6.45, 7) is 7.23. The molecule has 1 saturated heterocycles. The van der Waals surface area contributed by atoms with Crippen LogP contribution in [0.25, 0.3) is 0 Å². The summed E-state index contributed by atoms with van der Waals surface area (Å²) >= 11 is 0. The molecule has 0 spiro atoms. The number of hydrogen-bond donors (Lipinski definition) is 2. The predicted octanol–water partition coefficient (Wildman–Crippen LogP) is 4.06. The van der Waals surface area contributed by atoms with Crippen molar-refractivity contribution in [2.75, 3.05) is 50.5 Å². The van der Waals surface area contributed by atoms with Crippen molar-refractivity contribution in [3.63, 3.8) is 0 Å². The molecule has 0 bridgehead atoms. The van der Waals surface area contributed by atoms with Gasteiger partial charge in [0, 0.05) is 64.5 Å². The molecule has 0 radical (unpaired) electrons. The highest BCUT2D eigenvalue weighted by atomic mass is 16.2. The van der Waals surface area contributed by atoms with Gasteiger partial charge in [-0.1, -0.05) is 45.1 Å².